The predicted octanol–water partition coefficient (Wildman–Crippen LogP) is 2.43. The molecular formula is C11H13Cl3N2O4S. The maximum atomic E-state index is 12.4. The van der Waals surface area contributed by atoms with E-state index in [4.69, 9.17) is 34.8 Å². The molecule has 1 aromatic carbocycles. The molecule has 0 aliphatic rings. The number of benzene rings is 1. The SMILES string of the molecule is COC(=O)CN(C)S(=O)(=O)N(C)c1c(Cl)cc(Cl)cc1Cl. The van der Waals surface area contributed by atoms with Gasteiger partial charge in [-0.15, -0.1) is 0 Å². The first-order chi connectivity index (χ1) is 9.61. The summed E-state index contributed by atoms with van der Waals surface area (Å²) in [4.78, 5) is 11.2. The van der Waals surface area contributed by atoms with Crippen LogP contribution in [0.5, 0.6) is 0 Å². The van der Waals surface area contributed by atoms with Crippen LogP contribution in [0.25, 0.3) is 0 Å². The maximum Gasteiger partial charge on any atom is 0.321 e. The van der Waals surface area contributed by atoms with E-state index in [1.54, 1.807) is 0 Å². The maximum absolute atomic E-state index is 12.4. The number of carbonyl (C=O) groups excluding carboxylic acids is 1. The van der Waals surface area contributed by atoms with E-state index in [2.05, 4.69) is 4.74 Å². The molecule has 0 bridgehead atoms. The van der Waals surface area contributed by atoms with Gasteiger partial charge >= 0.3 is 16.2 Å². The molecule has 1 rings (SSSR count). The second-order valence-electron chi connectivity index (χ2n) is 4.03. The third kappa shape index (κ3) is 4.14. The van der Waals surface area contributed by atoms with Crippen LogP contribution in [0.2, 0.25) is 15.1 Å². The minimum absolute atomic E-state index is 0.0689. The molecule has 0 aliphatic carbocycles. The zero-order chi connectivity index (χ0) is 16.4. The van der Waals surface area contributed by atoms with Crippen LogP contribution < -0.4 is 4.31 Å². The van der Waals surface area contributed by atoms with Crippen molar-refractivity contribution in [3.8, 4) is 0 Å². The normalized spacial score (nSPS) is 11.6. The molecule has 0 N–H and O–H groups in total. The minimum Gasteiger partial charge on any atom is -0.468 e. The third-order valence-electron chi connectivity index (χ3n) is 2.62. The molecule has 10 heteroatoms. The molecule has 0 saturated heterocycles. The largest absolute Gasteiger partial charge is 0.468 e. The number of nitrogens with zero attached hydrogens (tertiary/aromatic N) is 2. The molecule has 0 unspecified atom stereocenters. The van der Waals surface area contributed by atoms with Gasteiger partial charge in [0, 0.05) is 19.1 Å². The Morgan fingerprint density at radius 3 is 2.10 bits per heavy atom. The van der Waals surface area contributed by atoms with E-state index in [0.717, 1.165) is 8.61 Å². The lowest BCUT2D eigenvalue weighted by molar-refractivity contribution is -0.140. The Labute approximate surface area is 138 Å². The van der Waals surface area contributed by atoms with Crippen LogP contribution in [0.1, 0.15) is 0 Å². The van der Waals surface area contributed by atoms with E-state index in [0.29, 0.717) is 0 Å². The number of rotatable bonds is 5. The molecule has 0 amide bonds. The molecule has 1 aromatic rings. The molecular weight excluding hydrogens is 363 g/mol. The molecule has 0 fully saturated rings. The number of methoxy groups -OCH3 is 1. The van der Waals surface area contributed by atoms with Crippen molar-refractivity contribution in [1.29, 1.82) is 0 Å². The summed E-state index contributed by atoms with van der Waals surface area (Å²) in [5.74, 6) is -0.692. The van der Waals surface area contributed by atoms with E-state index in [-0.39, 0.29) is 20.8 Å². The molecule has 0 saturated carbocycles. The van der Waals surface area contributed by atoms with E-state index >= 15 is 0 Å². The van der Waals surface area contributed by atoms with Crippen molar-refractivity contribution >= 4 is 56.7 Å². The average molecular weight is 376 g/mol. The summed E-state index contributed by atoms with van der Waals surface area (Å²) in [5.41, 5.74) is 0.0689. The lowest BCUT2D eigenvalue weighted by Crippen LogP contribution is -2.42. The lowest BCUT2D eigenvalue weighted by Gasteiger charge is -2.26. The summed E-state index contributed by atoms with van der Waals surface area (Å²) in [5, 5.41) is 0.428. The van der Waals surface area contributed by atoms with Gasteiger partial charge in [-0.3, -0.25) is 9.10 Å². The highest BCUT2D eigenvalue weighted by Gasteiger charge is 2.29. The zero-order valence-electron chi connectivity index (χ0n) is 11.4. The summed E-state index contributed by atoms with van der Waals surface area (Å²) in [6.45, 7) is -0.438. The Morgan fingerprint density at radius 1 is 1.19 bits per heavy atom. The van der Waals surface area contributed by atoms with Crippen LogP contribution in [0.3, 0.4) is 0 Å². The van der Waals surface area contributed by atoms with Crippen LogP contribution in [-0.2, 0) is 19.7 Å². The molecule has 0 radical (unpaired) electrons. The van der Waals surface area contributed by atoms with E-state index in [1.165, 1.54) is 33.3 Å². The highest BCUT2D eigenvalue weighted by molar-refractivity contribution is 7.90. The van der Waals surface area contributed by atoms with Gasteiger partial charge in [-0.1, -0.05) is 34.8 Å². The number of carbonyl (C=O) groups is 1. The van der Waals surface area contributed by atoms with Crippen LogP contribution in [-0.4, -0.2) is 46.4 Å². The monoisotopic (exact) mass is 374 g/mol. The summed E-state index contributed by atoms with van der Waals surface area (Å²) < 4.78 is 30.9. The van der Waals surface area contributed by atoms with Gasteiger partial charge in [0.15, 0.2) is 0 Å². The van der Waals surface area contributed by atoms with E-state index < -0.39 is 22.7 Å². The topological polar surface area (TPSA) is 66.9 Å². The first-order valence-electron chi connectivity index (χ1n) is 5.52. The van der Waals surface area contributed by atoms with Crippen LogP contribution >= 0.6 is 34.8 Å². The first kappa shape index (κ1) is 18.3. The first-order valence-corrected chi connectivity index (χ1v) is 8.06. The number of anilines is 1. The highest BCUT2D eigenvalue weighted by atomic mass is 35.5. The van der Waals surface area contributed by atoms with Gasteiger partial charge < -0.3 is 4.74 Å². The summed E-state index contributed by atoms with van der Waals surface area (Å²) in [6.07, 6.45) is 0. The van der Waals surface area contributed by atoms with Crippen LogP contribution in [0, 0.1) is 0 Å². The fraction of sp³-hybridized carbons (Fsp3) is 0.364. The average Bonchev–Trinajstić information content (AvgIpc) is 2.36. The fourth-order valence-electron chi connectivity index (χ4n) is 1.49. The van der Waals surface area contributed by atoms with Gasteiger partial charge in [-0.05, 0) is 12.1 Å². The highest BCUT2D eigenvalue weighted by Crippen LogP contribution is 2.37. The third-order valence-corrected chi connectivity index (χ3v) is 5.20. The van der Waals surface area contributed by atoms with E-state index in [1.807, 2.05) is 0 Å². The quantitative estimate of drug-likeness (QED) is 0.741. The Kier molecular flexibility index (Phi) is 6.12. The smallest absolute Gasteiger partial charge is 0.321 e. The standard InChI is InChI=1S/C11H13Cl3N2O4S/c1-15(6-10(17)20-3)21(18,19)16(2)11-8(13)4-7(12)5-9(11)14/h4-5H,6H2,1-3H3. The number of hydrogen-bond acceptors (Lipinski definition) is 4. The summed E-state index contributed by atoms with van der Waals surface area (Å²) in [7, 11) is -0.331. The fourth-order valence-corrected chi connectivity index (χ4v) is 3.77. The van der Waals surface area contributed by atoms with E-state index in [9.17, 15) is 13.2 Å². The molecule has 0 aliphatic heterocycles. The van der Waals surface area contributed by atoms with Crippen molar-refractivity contribution < 1.29 is 17.9 Å². The van der Waals surface area contributed by atoms with Crippen molar-refractivity contribution in [2.75, 3.05) is 32.1 Å². The number of likely N-dealkylation sites (N-methyl/N-ethyl adjacent to an activating group) is 1. The van der Waals surface area contributed by atoms with Gasteiger partial charge in [-0.25, -0.2) is 0 Å². The lowest BCUT2D eigenvalue weighted by atomic mass is 10.3. The Bertz CT molecular complexity index is 628. The van der Waals surface area contributed by atoms with Crippen molar-refractivity contribution in [3.63, 3.8) is 0 Å². The number of esters is 1. The van der Waals surface area contributed by atoms with Crippen molar-refractivity contribution in [2.45, 2.75) is 0 Å². The molecule has 21 heavy (non-hydrogen) atoms. The van der Waals surface area contributed by atoms with Gasteiger partial charge in [0.1, 0.15) is 6.54 Å². The van der Waals surface area contributed by atoms with Crippen molar-refractivity contribution in [1.82, 2.24) is 4.31 Å². The molecule has 6 nitrogen and oxygen atoms in total. The molecule has 0 spiro atoms. The van der Waals surface area contributed by atoms with Gasteiger partial charge in [0.05, 0.1) is 22.8 Å². The van der Waals surface area contributed by atoms with Crippen molar-refractivity contribution in [3.05, 3.63) is 27.2 Å². The van der Waals surface area contributed by atoms with Gasteiger partial charge in [-0.2, -0.15) is 12.7 Å². The van der Waals surface area contributed by atoms with Crippen LogP contribution in [0.4, 0.5) is 5.69 Å². The number of halogens is 3. The molecule has 0 atom stereocenters. The number of ether oxygens (including phenoxy) is 1. The second-order valence-corrected chi connectivity index (χ2v) is 7.34. The summed E-state index contributed by atoms with van der Waals surface area (Å²) >= 11 is 17.8. The molecule has 0 aromatic heterocycles. The molecule has 0 heterocycles. The van der Waals surface area contributed by atoms with Gasteiger partial charge in [0.25, 0.3) is 0 Å². The minimum atomic E-state index is -4.00. The van der Waals surface area contributed by atoms with Crippen LogP contribution in [0.15, 0.2) is 12.1 Å². The predicted molar refractivity (Wildman–Crippen MR) is 83.4 cm³/mol. The number of hydrogen-bond donors (Lipinski definition) is 0. The molecule has 118 valence electrons. The summed E-state index contributed by atoms with van der Waals surface area (Å²) in [6, 6.07) is 2.74. The Balaban J connectivity index is 3.18. The van der Waals surface area contributed by atoms with Gasteiger partial charge in [0.2, 0.25) is 0 Å². The van der Waals surface area contributed by atoms with Crippen molar-refractivity contribution in [2.24, 2.45) is 0 Å². The zero-order valence-corrected chi connectivity index (χ0v) is 14.5. The Hall–Kier alpha value is -0.730. The second kappa shape index (κ2) is 7.02. The Morgan fingerprint density at radius 2 is 1.67 bits per heavy atom.